The van der Waals surface area contributed by atoms with E-state index >= 15 is 0 Å². The summed E-state index contributed by atoms with van der Waals surface area (Å²) in [7, 11) is 0. The molecule has 1 N–H and O–H groups in total. The lowest BCUT2D eigenvalue weighted by Gasteiger charge is -2.32. The summed E-state index contributed by atoms with van der Waals surface area (Å²) >= 11 is 0. The van der Waals surface area contributed by atoms with E-state index in [2.05, 4.69) is 26.1 Å². The van der Waals surface area contributed by atoms with Crippen molar-refractivity contribution in [3.8, 4) is 0 Å². The standard InChI is InChI=1S/C9H18NO/c1-4-8-5-11-6-9(10-8)7(2)3/h5,7-10H,4,6H2,1-3H3. The second kappa shape index (κ2) is 4.07. The minimum absolute atomic E-state index is 0.455. The van der Waals surface area contributed by atoms with Crippen LogP contribution >= 0.6 is 0 Å². The highest BCUT2D eigenvalue weighted by atomic mass is 16.5. The molecule has 1 saturated heterocycles. The minimum Gasteiger partial charge on any atom is -0.372 e. The summed E-state index contributed by atoms with van der Waals surface area (Å²) < 4.78 is 5.36. The molecular formula is C9H18NO. The van der Waals surface area contributed by atoms with Gasteiger partial charge in [-0.2, -0.15) is 0 Å². The van der Waals surface area contributed by atoms with E-state index in [0.29, 0.717) is 18.0 Å². The highest BCUT2D eigenvalue weighted by Crippen LogP contribution is 2.12. The molecule has 0 saturated carbocycles. The van der Waals surface area contributed by atoms with Crippen LogP contribution in [0.3, 0.4) is 0 Å². The van der Waals surface area contributed by atoms with Crippen molar-refractivity contribution in [1.82, 2.24) is 5.32 Å². The lowest BCUT2D eigenvalue weighted by atomic mass is 10.0. The second-order valence-corrected chi connectivity index (χ2v) is 3.50. The van der Waals surface area contributed by atoms with Gasteiger partial charge in [-0.3, -0.25) is 0 Å². The first-order chi connectivity index (χ1) is 5.24. The van der Waals surface area contributed by atoms with Crippen molar-refractivity contribution < 1.29 is 4.74 Å². The van der Waals surface area contributed by atoms with Gasteiger partial charge in [0, 0.05) is 12.1 Å². The van der Waals surface area contributed by atoms with Gasteiger partial charge in [0.15, 0.2) is 0 Å². The predicted octanol–water partition coefficient (Wildman–Crippen LogP) is 1.57. The molecule has 0 aromatic heterocycles. The summed E-state index contributed by atoms with van der Waals surface area (Å²) in [5, 5.41) is 3.52. The smallest absolute Gasteiger partial charge is 0.100 e. The van der Waals surface area contributed by atoms with Gasteiger partial charge in [0.1, 0.15) is 6.61 Å². The van der Waals surface area contributed by atoms with Crippen LogP contribution in [0.1, 0.15) is 27.2 Å². The van der Waals surface area contributed by atoms with E-state index in [1.807, 2.05) is 6.61 Å². The number of hydrogen-bond acceptors (Lipinski definition) is 2. The quantitative estimate of drug-likeness (QED) is 0.655. The SMILES string of the molecule is CCC1[CH]OCC(C(C)C)N1. The molecule has 2 heteroatoms. The molecule has 0 aromatic carbocycles. The van der Waals surface area contributed by atoms with Gasteiger partial charge >= 0.3 is 0 Å². The van der Waals surface area contributed by atoms with E-state index in [-0.39, 0.29) is 0 Å². The van der Waals surface area contributed by atoms with Crippen molar-refractivity contribution in [3.63, 3.8) is 0 Å². The summed E-state index contributed by atoms with van der Waals surface area (Å²) in [6, 6.07) is 0.987. The first-order valence-corrected chi connectivity index (χ1v) is 4.45. The van der Waals surface area contributed by atoms with Gasteiger partial charge in [0.25, 0.3) is 0 Å². The van der Waals surface area contributed by atoms with Gasteiger partial charge < -0.3 is 10.1 Å². The first kappa shape index (κ1) is 9.01. The molecule has 0 amide bonds. The molecule has 1 aliphatic rings. The molecule has 2 unspecified atom stereocenters. The fourth-order valence-electron chi connectivity index (χ4n) is 1.24. The first-order valence-electron chi connectivity index (χ1n) is 4.45. The van der Waals surface area contributed by atoms with E-state index in [1.54, 1.807) is 0 Å². The third-order valence-corrected chi connectivity index (χ3v) is 2.21. The van der Waals surface area contributed by atoms with Crippen LogP contribution < -0.4 is 5.32 Å². The maximum Gasteiger partial charge on any atom is 0.100 e. The molecule has 0 aromatic rings. The maximum absolute atomic E-state index is 5.36. The topological polar surface area (TPSA) is 21.3 Å². The average Bonchev–Trinajstić information content (AvgIpc) is 2.05. The number of rotatable bonds is 2. The highest BCUT2D eigenvalue weighted by Gasteiger charge is 2.22. The molecule has 1 aliphatic heterocycles. The second-order valence-electron chi connectivity index (χ2n) is 3.50. The van der Waals surface area contributed by atoms with Crippen LogP contribution in [-0.4, -0.2) is 18.7 Å². The van der Waals surface area contributed by atoms with Crippen LogP contribution in [0.5, 0.6) is 0 Å². The van der Waals surface area contributed by atoms with Crippen molar-refractivity contribution in [3.05, 3.63) is 6.61 Å². The molecule has 0 bridgehead atoms. The van der Waals surface area contributed by atoms with Crippen molar-refractivity contribution >= 4 is 0 Å². The molecule has 2 atom stereocenters. The Morgan fingerprint density at radius 3 is 2.91 bits per heavy atom. The van der Waals surface area contributed by atoms with Gasteiger partial charge in [0.05, 0.1) is 6.61 Å². The van der Waals surface area contributed by atoms with Crippen LogP contribution in [0.2, 0.25) is 0 Å². The van der Waals surface area contributed by atoms with Crippen LogP contribution in [0, 0.1) is 12.5 Å². The third kappa shape index (κ3) is 2.46. The largest absolute Gasteiger partial charge is 0.372 e. The van der Waals surface area contributed by atoms with E-state index < -0.39 is 0 Å². The fraction of sp³-hybridized carbons (Fsp3) is 0.889. The summed E-state index contributed by atoms with van der Waals surface area (Å²) in [5.41, 5.74) is 0. The lowest BCUT2D eigenvalue weighted by molar-refractivity contribution is 0.0810. The van der Waals surface area contributed by atoms with Gasteiger partial charge in [-0.05, 0) is 12.3 Å². The molecule has 0 aliphatic carbocycles. The molecule has 2 nitrogen and oxygen atoms in total. The van der Waals surface area contributed by atoms with Crippen molar-refractivity contribution in [1.29, 1.82) is 0 Å². The Bertz CT molecular complexity index is 114. The van der Waals surface area contributed by atoms with E-state index in [1.165, 1.54) is 0 Å². The summed E-state index contributed by atoms with van der Waals surface area (Å²) in [6.45, 7) is 9.35. The Morgan fingerprint density at radius 1 is 1.64 bits per heavy atom. The predicted molar refractivity (Wildman–Crippen MR) is 46.1 cm³/mol. The fourth-order valence-corrected chi connectivity index (χ4v) is 1.24. The molecule has 65 valence electrons. The number of morpholine rings is 1. The Labute approximate surface area is 69.3 Å². The van der Waals surface area contributed by atoms with E-state index in [9.17, 15) is 0 Å². The average molecular weight is 156 g/mol. The third-order valence-electron chi connectivity index (χ3n) is 2.21. The van der Waals surface area contributed by atoms with Crippen molar-refractivity contribution in [2.75, 3.05) is 6.61 Å². The molecule has 0 spiro atoms. The number of hydrogen-bond donors (Lipinski definition) is 1. The summed E-state index contributed by atoms with van der Waals surface area (Å²) in [5.74, 6) is 0.665. The van der Waals surface area contributed by atoms with Crippen molar-refractivity contribution in [2.24, 2.45) is 5.92 Å². The summed E-state index contributed by atoms with van der Waals surface area (Å²) in [6.07, 6.45) is 1.11. The maximum atomic E-state index is 5.36. The van der Waals surface area contributed by atoms with Gasteiger partial charge in [-0.25, -0.2) is 0 Å². The molecule has 1 radical (unpaired) electrons. The van der Waals surface area contributed by atoms with Crippen LogP contribution in [0.4, 0.5) is 0 Å². The number of nitrogens with one attached hydrogen (secondary N) is 1. The molecule has 11 heavy (non-hydrogen) atoms. The van der Waals surface area contributed by atoms with Crippen LogP contribution in [0.15, 0.2) is 0 Å². The summed E-state index contributed by atoms with van der Waals surface area (Å²) in [4.78, 5) is 0. The van der Waals surface area contributed by atoms with Crippen LogP contribution in [-0.2, 0) is 4.74 Å². The Kier molecular flexibility index (Phi) is 3.34. The van der Waals surface area contributed by atoms with Gasteiger partial charge in [-0.1, -0.05) is 20.8 Å². The molecule has 1 heterocycles. The van der Waals surface area contributed by atoms with E-state index in [0.717, 1.165) is 13.0 Å². The molecule has 1 rings (SSSR count). The normalized spacial score (nSPS) is 32.7. The Morgan fingerprint density at radius 2 is 2.36 bits per heavy atom. The monoisotopic (exact) mass is 156 g/mol. The van der Waals surface area contributed by atoms with Crippen LogP contribution in [0.25, 0.3) is 0 Å². The Balaban J connectivity index is 2.33. The van der Waals surface area contributed by atoms with Crippen molar-refractivity contribution in [2.45, 2.75) is 39.3 Å². The van der Waals surface area contributed by atoms with Gasteiger partial charge in [-0.15, -0.1) is 0 Å². The Hall–Kier alpha value is -0.0800. The molecular weight excluding hydrogens is 138 g/mol. The zero-order valence-electron chi connectivity index (χ0n) is 7.63. The lowest BCUT2D eigenvalue weighted by Crippen LogP contribution is -2.48. The minimum atomic E-state index is 0.455. The zero-order valence-corrected chi connectivity index (χ0v) is 7.63. The highest BCUT2D eigenvalue weighted by molar-refractivity contribution is 4.85. The zero-order chi connectivity index (χ0) is 8.27. The molecule has 1 fully saturated rings. The van der Waals surface area contributed by atoms with Gasteiger partial charge in [0.2, 0.25) is 0 Å². The number of ether oxygens (including phenoxy) is 1. The van der Waals surface area contributed by atoms with E-state index in [4.69, 9.17) is 4.74 Å².